The van der Waals surface area contributed by atoms with Crippen LogP contribution in [0.15, 0.2) is 30.5 Å². The lowest BCUT2D eigenvalue weighted by atomic mass is 10.2. The smallest absolute Gasteiger partial charge is 0.184 e. The second kappa shape index (κ2) is 4.47. The molecule has 1 N–H and O–H groups in total. The standard InChI is InChI=1S/C14H12ClN3S/c1-8-6-7-16-13-12(8)17-14(19)18(13)11-5-3-4-10(15)9(11)2/h3-7H,1-2H3,(H,17,19). The van der Waals surface area contributed by atoms with Gasteiger partial charge in [-0.2, -0.15) is 0 Å². The lowest BCUT2D eigenvalue weighted by molar-refractivity contribution is 1.03. The fourth-order valence-electron chi connectivity index (χ4n) is 2.19. The summed E-state index contributed by atoms with van der Waals surface area (Å²) in [4.78, 5) is 7.64. The molecular formula is C14H12ClN3S. The molecule has 3 aromatic rings. The summed E-state index contributed by atoms with van der Waals surface area (Å²) in [6.45, 7) is 4.01. The van der Waals surface area contributed by atoms with E-state index in [1.165, 1.54) is 0 Å². The molecule has 0 saturated heterocycles. The minimum absolute atomic E-state index is 0.627. The quantitative estimate of drug-likeness (QED) is 0.676. The van der Waals surface area contributed by atoms with Crippen LogP contribution in [0.25, 0.3) is 16.9 Å². The first-order valence-corrected chi connectivity index (χ1v) is 6.70. The van der Waals surface area contributed by atoms with Gasteiger partial charge in [0.25, 0.3) is 0 Å². The van der Waals surface area contributed by atoms with Gasteiger partial charge < -0.3 is 4.98 Å². The summed E-state index contributed by atoms with van der Waals surface area (Å²) in [6, 6.07) is 7.75. The highest BCUT2D eigenvalue weighted by molar-refractivity contribution is 7.71. The molecule has 0 atom stereocenters. The van der Waals surface area contributed by atoms with Crippen molar-refractivity contribution < 1.29 is 0 Å². The summed E-state index contributed by atoms with van der Waals surface area (Å²) in [5, 5.41) is 0.724. The van der Waals surface area contributed by atoms with Gasteiger partial charge in [-0.05, 0) is 55.4 Å². The van der Waals surface area contributed by atoms with Crippen LogP contribution >= 0.6 is 23.8 Å². The topological polar surface area (TPSA) is 33.6 Å². The van der Waals surface area contributed by atoms with E-state index in [0.29, 0.717) is 4.77 Å². The SMILES string of the molecule is Cc1c(Cl)cccc1-n1c(=S)[nH]c2c(C)ccnc21. The number of imidazole rings is 1. The lowest BCUT2D eigenvalue weighted by Gasteiger charge is -2.09. The third kappa shape index (κ3) is 1.88. The second-order valence-electron chi connectivity index (χ2n) is 4.48. The van der Waals surface area contributed by atoms with Crippen LogP contribution < -0.4 is 0 Å². The van der Waals surface area contributed by atoms with Crippen molar-refractivity contribution in [2.75, 3.05) is 0 Å². The van der Waals surface area contributed by atoms with Crippen molar-refractivity contribution in [2.24, 2.45) is 0 Å². The average Bonchev–Trinajstić information content (AvgIpc) is 2.71. The number of nitrogens with zero attached hydrogens (tertiary/aromatic N) is 2. The molecule has 0 aliphatic rings. The Kier molecular flexibility index (Phi) is 2.92. The van der Waals surface area contributed by atoms with Gasteiger partial charge in [-0.1, -0.05) is 17.7 Å². The molecule has 5 heteroatoms. The van der Waals surface area contributed by atoms with Crippen molar-refractivity contribution in [1.29, 1.82) is 0 Å². The minimum atomic E-state index is 0.627. The van der Waals surface area contributed by atoms with Gasteiger partial charge in [0.2, 0.25) is 0 Å². The van der Waals surface area contributed by atoms with Crippen LogP contribution in [0.5, 0.6) is 0 Å². The van der Waals surface area contributed by atoms with Crippen molar-refractivity contribution in [2.45, 2.75) is 13.8 Å². The molecule has 0 saturated carbocycles. The molecule has 2 heterocycles. The van der Waals surface area contributed by atoms with Crippen LogP contribution in [-0.4, -0.2) is 14.5 Å². The van der Waals surface area contributed by atoms with Gasteiger partial charge in [0.05, 0.1) is 11.2 Å². The molecule has 96 valence electrons. The fraction of sp³-hybridized carbons (Fsp3) is 0.143. The maximum atomic E-state index is 6.19. The van der Waals surface area contributed by atoms with Crippen LogP contribution in [0.3, 0.4) is 0 Å². The van der Waals surface area contributed by atoms with Crippen LogP contribution in [0.1, 0.15) is 11.1 Å². The first-order chi connectivity index (χ1) is 9.09. The number of aromatic amines is 1. The Morgan fingerprint density at radius 3 is 2.84 bits per heavy atom. The van der Waals surface area contributed by atoms with Gasteiger partial charge in [0.15, 0.2) is 10.4 Å². The molecule has 1 aromatic carbocycles. The second-order valence-corrected chi connectivity index (χ2v) is 5.27. The molecule has 0 spiro atoms. The zero-order valence-electron chi connectivity index (χ0n) is 10.6. The van der Waals surface area contributed by atoms with Crippen molar-refractivity contribution in [3.05, 3.63) is 51.4 Å². The van der Waals surface area contributed by atoms with E-state index in [9.17, 15) is 0 Å². The Balaban J connectivity index is 2.44. The zero-order chi connectivity index (χ0) is 13.6. The average molecular weight is 290 g/mol. The van der Waals surface area contributed by atoms with E-state index in [1.54, 1.807) is 6.20 Å². The minimum Gasteiger partial charge on any atom is -0.329 e. The van der Waals surface area contributed by atoms with Gasteiger partial charge in [-0.15, -0.1) is 0 Å². The molecule has 0 aliphatic heterocycles. The summed E-state index contributed by atoms with van der Waals surface area (Å²) in [7, 11) is 0. The van der Waals surface area contributed by atoms with E-state index in [4.69, 9.17) is 23.8 Å². The molecular weight excluding hydrogens is 278 g/mol. The molecule has 0 unspecified atom stereocenters. The van der Waals surface area contributed by atoms with Gasteiger partial charge in [0.1, 0.15) is 0 Å². The van der Waals surface area contributed by atoms with Crippen LogP contribution in [-0.2, 0) is 0 Å². The predicted octanol–water partition coefficient (Wildman–Crippen LogP) is 4.35. The van der Waals surface area contributed by atoms with Crippen molar-refractivity contribution in [3.63, 3.8) is 0 Å². The third-order valence-corrected chi connectivity index (χ3v) is 3.96. The van der Waals surface area contributed by atoms with E-state index in [1.807, 2.05) is 42.7 Å². The summed E-state index contributed by atoms with van der Waals surface area (Å²) in [5.41, 5.74) is 4.86. The highest BCUT2D eigenvalue weighted by Crippen LogP contribution is 2.26. The molecule has 0 radical (unpaired) electrons. The molecule has 19 heavy (non-hydrogen) atoms. The predicted molar refractivity (Wildman–Crippen MR) is 80.7 cm³/mol. The van der Waals surface area contributed by atoms with Gasteiger partial charge in [-0.3, -0.25) is 4.57 Å². The maximum Gasteiger partial charge on any atom is 0.184 e. The normalized spacial score (nSPS) is 11.1. The Labute approximate surface area is 120 Å². The first-order valence-electron chi connectivity index (χ1n) is 5.91. The van der Waals surface area contributed by atoms with Gasteiger partial charge in [-0.25, -0.2) is 4.98 Å². The van der Waals surface area contributed by atoms with Gasteiger partial charge >= 0.3 is 0 Å². The summed E-state index contributed by atoms with van der Waals surface area (Å²) < 4.78 is 2.56. The van der Waals surface area contributed by atoms with E-state index >= 15 is 0 Å². The number of nitrogens with one attached hydrogen (secondary N) is 1. The number of aryl methyl sites for hydroxylation is 1. The monoisotopic (exact) mass is 289 g/mol. The zero-order valence-corrected chi connectivity index (χ0v) is 12.1. The number of fused-ring (bicyclic) bond motifs is 1. The number of hydrogen-bond donors (Lipinski definition) is 1. The van der Waals surface area contributed by atoms with Crippen LogP contribution in [0.4, 0.5) is 0 Å². The van der Waals surface area contributed by atoms with E-state index in [2.05, 4.69) is 9.97 Å². The molecule has 0 amide bonds. The summed E-state index contributed by atoms with van der Waals surface area (Å²) >= 11 is 11.6. The first kappa shape index (κ1) is 12.4. The molecule has 3 nitrogen and oxygen atoms in total. The number of pyridine rings is 1. The number of halogens is 1. The number of benzene rings is 1. The molecule has 2 aromatic heterocycles. The highest BCUT2D eigenvalue weighted by Gasteiger charge is 2.12. The van der Waals surface area contributed by atoms with Crippen LogP contribution in [0.2, 0.25) is 5.02 Å². The number of rotatable bonds is 1. The number of hydrogen-bond acceptors (Lipinski definition) is 2. The Morgan fingerprint density at radius 1 is 1.26 bits per heavy atom. The maximum absolute atomic E-state index is 6.19. The Morgan fingerprint density at radius 2 is 2.05 bits per heavy atom. The molecule has 0 fully saturated rings. The lowest BCUT2D eigenvalue weighted by Crippen LogP contribution is -1.98. The Bertz CT molecular complexity index is 832. The van der Waals surface area contributed by atoms with Crippen molar-refractivity contribution in [1.82, 2.24) is 14.5 Å². The van der Waals surface area contributed by atoms with Crippen molar-refractivity contribution in [3.8, 4) is 5.69 Å². The van der Waals surface area contributed by atoms with Crippen LogP contribution in [0, 0.1) is 18.6 Å². The van der Waals surface area contributed by atoms with E-state index in [0.717, 1.165) is 33.0 Å². The number of aromatic nitrogens is 3. The fourth-order valence-corrected chi connectivity index (χ4v) is 2.65. The largest absolute Gasteiger partial charge is 0.329 e. The van der Waals surface area contributed by atoms with E-state index < -0.39 is 0 Å². The van der Waals surface area contributed by atoms with Gasteiger partial charge in [0, 0.05) is 11.2 Å². The number of H-pyrrole nitrogens is 1. The molecule has 3 rings (SSSR count). The summed E-state index contributed by atoms with van der Waals surface area (Å²) in [5.74, 6) is 0. The van der Waals surface area contributed by atoms with E-state index in [-0.39, 0.29) is 0 Å². The highest BCUT2D eigenvalue weighted by atomic mass is 35.5. The van der Waals surface area contributed by atoms with Crippen molar-refractivity contribution >= 4 is 35.0 Å². The third-order valence-electron chi connectivity index (χ3n) is 3.27. The Hall–Kier alpha value is -1.65. The molecule has 0 bridgehead atoms. The molecule has 0 aliphatic carbocycles. The summed E-state index contributed by atoms with van der Waals surface area (Å²) in [6.07, 6.45) is 1.79.